The van der Waals surface area contributed by atoms with E-state index in [9.17, 15) is 9.59 Å². The average Bonchev–Trinajstić information content (AvgIpc) is 3.19. The first kappa shape index (κ1) is 18.7. The van der Waals surface area contributed by atoms with Gasteiger partial charge in [-0.05, 0) is 50.5 Å². The lowest BCUT2D eigenvalue weighted by Gasteiger charge is -2.27. The first-order valence-electron chi connectivity index (χ1n) is 9.88. The molecule has 140 valence electrons. The molecule has 0 atom stereocenters. The normalized spacial score (nSPS) is 18.8. The summed E-state index contributed by atoms with van der Waals surface area (Å²) in [5, 5.41) is 2.87. The lowest BCUT2D eigenvalue weighted by atomic mass is 9.79. The van der Waals surface area contributed by atoms with E-state index < -0.39 is 5.41 Å². The summed E-state index contributed by atoms with van der Waals surface area (Å²) in [4.78, 5) is 24.8. The van der Waals surface area contributed by atoms with Gasteiger partial charge in [0.25, 0.3) is 5.91 Å². The minimum absolute atomic E-state index is 0.188. The maximum absolute atomic E-state index is 12.8. The maximum atomic E-state index is 12.8. The molecule has 0 aromatic heterocycles. The molecule has 4 heteroatoms. The Hall–Kier alpha value is -2.10. The third kappa shape index (κ3) is 4.54. The highest BCUT2D eigenvalue weighted by molar-refractivity contribution is 5.86. The molecule has 0 spiro atoms. The van der Waals surface area contributed by atoms with E-state index in [0.717, 1.165) is 50.5 Å². The smallest absolute Gasteiger partial charge is 0.317 e. The molecule has 0 aliphatic heterocycles. The molecule has 0 heterocycles. The maximum Gasteiger partial charge on any atom is 0.317 e. The monoisotopic (exact) mass is 355 g/mol. The van der Waals surface area contributed by atoms with Crippen LogP contribution in [0.25, 0.3) is 0 Å². The Kier molecular flexibility index (Phi) is 6.48. The molecule has 2 aliphatic carbocycles. The standard InChI is InChI=1S/C22H29NO3/c24-20(23-16-13-18-9-3-1-4-10-18)17-26-21(25)22(14-7-8-15-22)19-11-5-2-6-12-19/h2,5-6,9,11-12H,1,3-4,7-8,10,13-17H2,(H,23,24). The zero-order valence-electron chi connectivity index (χ0n) is 15.5. The second kappa shape index (κ2) is 9.02. The molecule has 1 amide bonds. The highest BCUT2D eigenvalue weighted by atomic mass is 16.5. The van der Waals surface area contributed by atoms with E-state index in [1.54, 1.807) is 0 Å². The fourth-order valence-electron chi connectivity index (χ4n) is 4.16. The van der Waals surface area contributed by atoms with Gasteiger partial charge < -0.3 is 10.1 Å². The van der Waals surface area contributed by atoms with E-state index in [0.29, 0.717) is 6.54 Å². The number of benzene rings is 1. The van der Waals surface area contributed by atoms with Crippen molar-refractivity contribution in [1.82, 2.24) is 5.32 Å². The quantitative estimate of drug-likeness (QED) is 0.593. The Labute approximate surface area is 156 Å². The van der Waals surface area contributed by atoms with Crippen molar-refractivity contribution in [2.24, 2.45) is 0 Å². The van der Waals surface area contributed by atoms with Gasteiger partial charge in [-0.3, -0.25) is 9.59 Å². The van der Waals surface area contributed by atoms with Crippen LogP contribution in [0.5, 0.6) is 0 Å². The van der Waals surface area contributed by atoms with Crippen LogP contribution in [0.3, 0.4) is 0 Å². The molecule has 26 heavy (non-hydrogen) atoms. The van der Waals surface area contributed by atoms with Crippen molar-refractivity contribution in [2.45, 2.75) is 63.2 Å². The number of hydrogen-bond acceptors (Lipinski definition) is 3. The number of hydrogen-bond donors (Lipinski definition) is 1. The van der Waals surface area contributed by atoms with Crippen LogP contribution in [0, 0.1) is 0 Å². The predicted octanol–water partition coefficient (Wildman–Crippen LogP) is 4.05. The van der Waals surface area contributed by atoms with Crippen molar-refractivity contribution >= 4 is 11.9 Å². The van der Waals surface area contributed by atoms with Gasteiger partial charge in [0.15, 0.2) is 6.61 Å². The summed E-state index contributed by atoms with van der Waals surface area (Å²) in [7, 11) is 0. The molecule has 1 aromatic rings. The lowest BCUT2D eigenvalue weighted by Crippen LogP contribution is -2.38. The minimum atomic E-state index is -0.575. The summed E-state index contributed by atoms with van der Waals surface area (Å²) in [5.41, 5.74) is 1.86. The SMILES string of the molecule is O=C(COC(=O)C1(c2ccccc2)CCCC1)NCCC1=CCCCC1. The summed E-state index contributed by atoms with van der Waals surface area (Å²) in [5.74, 6) is -0.470. The summed E-state index contributed by atoms with van der Waals surface area (Å²) >= 11 is 0. The fraction of sp³-hybridized carbons (Fsp3) is 0.545. The Balaban J connectivity index is 1.47. The van der Waals surface area contributed by atoms with E-state index >= 15 is 0 Å². The van der Waals surface area contributed by atoms with Crippen LogP contribution in [0.4, 0.5) is 0 Å². The minimum Gasteiger partial charge on any atom is -0.455 e. The van der Waals surface area contributed by atoms with Gasteiger partial charge in [0.2, 0.25) is 0 Å². The zero-order chi connectivity index (χ0) is 18.2. The fourth-order valence-corrected chi connectivity index (χ4v) is 4.16. The van der Waals surface area contributed by atoms with Gasteiger partial charge in [-0.1, -0.05) is 54.8 Å². The molecule has 1 saturated carbocycles. The molecular weight excluding hydrogens is 326 g/mol. The van der Waals surface area contributed by atoms with Gasteiger partial charge in [0.05, 0.1) is 5.41 Å². The van der Waals surface area contributed by atoms with Crippen LogP contribution in [-0.2, 0) is 19.7 Å². The van der Waals surface area contributed by atoms with Crippen LogP contribution in [0.2, 0.25) is 0 Å². The van der Waals surface area contributed by atoms with Crippen LogP contribution < -0.4 is 5.32 Å². The Bertz CT molecular complexity index is 645. The molecule has 1 fully saturated rings. The Morgan fingerprint density at radius 2 is 1.81 bits per heavy atom. The van der Waals surface area contributed by atoms with Gasteiger partial charge >= 0.3 is 5.97 Å². The first-order chi connectivity index (χ1) is 12.7. The molecule has 1 N–H and O–H groups in total. The summed E-state index contributed by atoms with van der Waals surface area (Å²) < 4.78 is 5.42. The molecule has 0 saturated heterocycles. The number of carbonyl (C=O) groups excluding carboxylic acids is 2. The molecule has 0 unspecified atom stereocenters. The van der Waals surface area contributed by atoms with Gasteiger partial charge in [0, 0.05) is 6.54 Å². The second-order valence-electron chi connectivity index (χ2n) is 7.44. The van der Waals surface area contributed by atoms with Crippen molar-refractivity contribution in [3.63, 3.8) is 0 Å². The number of allylic oxidation sites excluding steroid dienone is 1. The third-order valence-electron chi connectivity index (χ3n) is 5.66. The van der Waals surface area contributed by atoms with Crippen molar-refractivity contribution in [3.8, 4) is 0 Å². The van der Waals surface area contributed by atoms with Gasteiger partial charge in [-0.25, -0.2) is 0 Å². The summed E-state index contributed by atoms with van der Waals surface area (Å²) in [6.45, 7) is 0.429. The highest BCUT2D eigenvalue weighted by Gasteiger charge is 2.44. The number of nitrogens with one attached hydrogen (secondary N) is 1. The van der Waals surface area contributed by atoms with Crippen molar-refractivity contribution in [2.75, 3.05) is 13.2 Å². The third-order valence-corrected chi connectivity index (χ3v) is 5.66. The first-order valence-corrected chi connectivity index (χ1v) is 9.88. The topological polar surface area (TPSA) is 55.4 Å². The molecule has 2 aliphatic rings. The van der Waals surface area contributed by atoms with Crippen molar-refractivity contribution in [1.29, 1.82) is 0 Å². The number of rotatable bonds is 7. The zero-order valence-corrected chi connectivity index (χ0v) is 15.5. The Morgan fingerprint density at radius 1 is 1.04 bits per heavy atom. The summed E-state index contributed by atoms with van der Waals surface area (Å²) in [6, 6.07) is 9.84. The second-order valence-corrected chi connectivity index (χ2v) is 7.44. The summed E-state index contributed by atoms with van der Waals surface area (Å²) in [6.07, 6.45) is 11.6. The van der Waals surface area contributed by atoms with Gasteiger partial charge in [-0.15, -0.1) is 0 Å². The highest BCUT2D eigenvalue weighted by Crippen LogP contribution is 2.42. The molecular formula is C22H29NO3. The Morgan fingerprint density at radius 3 is 2.50 bits per heavy atom. The largest absolute Gasteiger partial charge is 0.455 e. The number of amides is 1. The van der Waals surface area contributed by atoms with E-state index in [1.165, 1.54) is 18.4 Å². The number of carbonyl (C=O) groups is 2. The molecule has 1 aromatic carbocycles. The lowest BCUT2D eigenvalue weighted by molar-refractivity contribution is -0.154. The van der Waals surface area contributed by atoms with E-state index in [1.807, 2.05) is 30.3 Å². The van der Waals surface area contributed by atoms with Gasteiger partial charge in [-0.2, -0.15) is 0 Å². The average molecular weight is 355 g/mol. The van der Waals surface area contributed by atoms with Crippen LogP contribution >= 0.6 is 0 Å². The van der Waals surface area contributed by atoms with Crippen molar-refractivity contribution in [3.05, 3.63) is 47.5 Å². The number of ether oxygens (including phenoxy) is 1. The van der Waals surface area contributed by atoms with Crippen molar-refractivity contribution < 1.29 is 14.3 Å². The van der Waals surface area contributed by atoms with Crippen LogP contribution in [-0.4, -0.2) is 25.0 Å². The van der Waals surface area contributed by atoms with E-state index in [4.69, 9.17) is 4.74 Å². The molecule has 4 nitrogen and oxygen atoms in total. The molecule has 0 bridgehead atoms. The van der Waals surface area contributed by atoms with Gasteiger partial charge in [0.1, 0.15) is 0 Å². The van der Waals surface area contributed by atoms with Crippen LogP contribution in [0.1, 0.15) is 63.4 Å². The molecule has 0 radical (unpaired) electrons. The van der Waals surface area contributed by atoms with E-state index in [-0.39, 0.29) is 18.5 Å². The number of esters is 1. The van der Waals surface area contributed by atoms with E-state index in [2.05, 4.69) is 11.4 Å². The van der Waals surface area contributed by atoms with Crippen LogP contribution in [0.15, 0.2) is 42.0 Å². The molecule has 3 rings (SSSR count). The predicted molar refractivity (Wildman–Crippen MR) is 102 cm³/mol.